The molecule has 0 fully saturated rings. The zero-order chi connectivity index (χ0) is 11.7. The van der Waals surface area contributed by atoms with Crippen LogP contribution >= 0.6 is 38.9 Å². The maximum Gasteiger partial charge on any atom is 0.148 e. The maximum absolute atomic E-state index is 5.97. The molecule has 2 nitrogen and oxygen atoms in total. The van der Waals surface area contributed by atoms with E-state index in [0.717, 1.165) is 20.1 Å². The van der Waals surface area contributed by atoms with Crippen molar-refractivity contribution in [3.05, 3.63) is 33.2 Å². The van der Waals surface area contributed by atoms with Gasteiger partial charge in [0, 0.05) is 10.0 Å². The molecule has 1 heterocycles. The van der Waals surface area contributed by atoms with Gasteiger partial charge in [-0.25, -0.2) is 0 Å². The first-order chi connectivity index (χ1) is 7.59. The van der Waals surface area contributed by atoms with Crippen LogP contribution < -0.4 is 0 Å². The van der Waals surface area contributed by atoms with Crippen molar-refractivity contribution in [2.75, 3.05) is 0 Å². The third kappa shape index (κ3) is 2.29. The van der Waals surface area contributed by atoms with Crippen LogP contribution in [0.2, 0.25) is 0 Å². The lowest BCUT2D eigenvalue weighted by Crippen LogP contribution is -1.82. The van der Waals surface area contributed by atoms with E-state index in [4.69, 9.17) is 11.6 Å². The molecule has 2 aromatic rings. The molecule has 0 aliphatic heterocycles. The van der Waals surface area contributed by atoms with Gasteiger partial charge in [-0.05, 0) is 35.3 Å². The highest BCUT2D eigenvalue weighted by Crippen LogP contribution is 2.34. The van der Waals surface area contributed by atoms with E-state index in [-0.39, 0.29) is 5.38 Å². The Labute approximate surface area is 112 Å². The molecule has 0 saturated heterocycles. The van der Waals surface area contributed by atoms with Gasteiger partial charge in [0.15, 0.2) is 0 Å². The van der Waals surface area contributed by atoms with Crippen molar-refractivity contribution in [1.29, 1.82) is 0 Å². The predicted octanol–water partition coefficient (Wildman–Crippen LogP) is 4.58. The van der Waals surface area contributed by atoms with E-state index in [1.165, 1.54) is 16.9 Å². The molecule has 1 aromatic heterocycles. The normalized spacial score (nSPS) is 12.8. The minimum Gasteiger partial charge on any atom is -0.142 e. The summed E-state index contributed by atoms with van der Waals surface area (Å²) in [5.41, 5.74) is 2.26. The largest absolute Gasteiger partial charge is 0.148 e. The molecule has 1 unspecified atom stereocenters. The zero-order valence-corrected chi connectivity index (χ0v) is 12.0. The lowest BCUT2D eigenvalue weighted by atomic mass is 10.1. The number of hydrogen-bond acceptors (Lipinski definition) is 3. The van der Waals surface area contributed by atoms with Crippen molar-refractivity contribution in [2.24, 2.45) is 0 Å². The molecule has 0 N–H and O–H groups in total. The number of aromatic nitrogens is 2. The monoisotopic (exact) mass is 316 g/mol. The van der Waals surface area contributed by atoms with E-state index >= 15 is 0 Å². The Morgan fingerprint density at radius 2 is 2.12 bits per heavy atom. The number of nitrogens with zero attached hydrogens (tertiary/aromatic N) is 2. The first-order valence-corrected chi connectivity index (χ1v) is 6.87. The molecule has 0 bridgehead atoms. The van der Waals surface area contributed by atoms with E-state index in [2.05, 4.69) is 39.1 Å². The second-order valence-electron chi connectivity index (χ2n) is 3.50. The average molecular weight is 318 g/mol. The van der Waals surface area contributed by atoms with Gasteiger partial charge in [-0.1, -0.05) is 29.5 Å². The molecule has 0 spiro atoms. The summed E-state index contributed by atoms with van der Waals surface area (Å²) in [6, 6.07) is 6.10. The molecular weight excluding hydrogens is 308 g/mol. The number of halogens is 2. The minimum absolute atomic E-state index is 0.0881. The molecule has 0 aliphatic rings. The van der Waals surface area contributed by atoms with Crippen LogP contribution in [0.15, 0.2) is 22.7 Å². The third-order valence-electron chi connectivity index (χ3n) is 2.20. The fourth-order valence-electron chi connectivity index (χ4n) is 1.32. The van der Waals surface area contributed by atoms with Crippen molar-refractivity contribution in [3.63, 3.8) is 0 Å². The lowest BCUT2D eigenvalue weighted by molar-refractivity contribution is 0.962. The summed E-state index contributed by atoms with van der Waals surface area (Å²) in [4.78, 5) is 0. The Hall–Kier alpha value is -0.450. The number of alkyl halides is 1. The summed E-state index contributed by atoms with van der Waals surface area (Å²) < 4.78 is 1.07. The SMILES string of the molecule is Cc1cccc(-c2nnc(C(C)Cl)s2)c1Br. The fourth-order valence-corrected chi connectivity index (χ4v) is 2.88. The first-order valence-electron chi connectivity index (χ1n) is 4.82. The van der Waals surface area contributed by atoms with Crippen molar-refractivity contribution >= 4 is 38.9 Å². The average Bonchev–Trinajstić information content (AvgIpc) is 2.71. The van der Waals surface area contributed by atoms with Crippen molar-refractivity contribution in [2.45, 2.75) is 19.2 Å². The van der Waals surface area contributed by atoms with Crippen LogP contribution in [0.5, 0.6) is 0 Å². The van der Waals surface area contributed by atoms with Gasteiger partial charge in [-0.3, -0.25) is 0 Å². The van der Waals surface area contributed by atoms with Gasteiger partial charge in [-0.15, -0.1) is 21.8 Å². The van der Waals surface area contributed by atoms with Gasteiger partial charge in [0.1, 0.15) is 10.0 Å². The molecule has 0 amide bonds. The number of aryl methyl sites for hydroxylation is 1. The highest BCUT2D eigenvalue weighted by atomic mass is 79.9. The number of hydrogen-bond donors (Lipinski definition) is 0. The Kier molecular flexibility index (Phi) is 3.62. The van der Waals surface area contributed by atoms with Crippen LogP contribution in [0.1, 0.15) is 22.9 Å². The van der Waals surface area contributed by atoms with Crippen LogP contribution in [0.25, 0.3) is 10.6 Å². The minimum atomic E-state index is -0.0881. The van der Waals surface area contributed by atoms with E-state index < -0.39 is 0 Å². The maximum atomic E-state index is 5.97. The van der Waals surface area contributed by atoms with Gasteiger partial charge in [0.25, 0.3) is 0 Å². The molecule has 2 rings (SSSR count). The molecule has 0 saturated carbocycles. The van der Waals surface area contributed by atoms with Crippen molar-refractivity contribution < 1.29 is 0 Å². The quantitative estimate of drug-likeness (QED) is 0.758. The molecule has 0 radical (unpaired) electrons. The number of rotatable bonds is 2. The molecule has 0 aliphatic carbocycles. The second-order valence-corrected chi connectivity index (χ2v) is 5.95. The number of benzene rings is 1. The summed E-state index contributed by atoms with van der Waals surface area (Å²) in [6.07, 6.45) is 0. The van der Waals surface area contributed by atoms with Gasteiger partial charge in [0.05, 0.1) is 5.38 Å². The molecule has 5 heteroatoms. The van der Waals surface area contributed by atoms with Crippen LogP contribution in [0, 0.1) is 6.92 Å². The van der Waals surface area contributed by atoms with Crippen molar-refractivity contribution in [1.82, 2.24) is 10.2 Å². The van der Waals surface area contributed by atoms with E-state index in [0.29, 0.717) is 0 Å². The molecule has 84 valence electrons. The highest BCUT2D eigenvalue weighted by molar-refractivity contribution is 9.10. The summed E-state index contributed by atoms with van der Waals surface area (Å²) in [7, 11) is 0. The summed E-state index contributed by atoms with van der Waals surface area (Å²) in [5.74, 6) is 0. The summed E-state index contributed by atoms with van der Waals surface area (Å²) >= 11 is 11.1. The van der Waals surface area contributed by atoms with Crippen LogP contribution in [-0.2, 0) is 0 Å². The standard InChI is InChI=1S/C11H10BrClN2S/c1-6-4-3-5-8(9(6)12)11-15-14-10(16-11)7(2)13/h3-5,7H,1-2H3. The van der Waals surface area contributed by atoms with Crippen LogP contribution in [0.4, 0.5) is 0 Å². The van der Waals surface area contributed by atoms with Crippen LogP contribution in [-0.4, -0.2) is 10.2 Å². The van der Waals surface area contributed by atoms with E-state index in [9.17, 15) is 0 Å². The van der Waals surface area contributed by atoms with Gasteiger partial charge >= 0.3 is 0 Å². The van der Waals surface area contributed by atoms with Gasteiger partial charge < -0.3 is 0 Å². The Balaban J connectivity index is 2.47. The van der Waals surface area contributed by atoms with Gasteiger partial charge in [0.2, 0.25) is 0 Å². The molecular formula is C11H10BrClN2S. The Bertz CT molecular complexity index is 510. The predicted molar refractivity (Wildman–Crippen MR) is 72.1 cm³/mol. The first kappa shape index (κ1) is 12.0. The molecule has 1 aromatic carbocycles. The Morgan fingerprint density at radius 3 is 2.75 bits per heavy atom. The molecule has 1 atom stereocenters. The van der Waals surface area contributed by atoms with E-state index in [1.807, 2.05) is 19.1 Å². The van der Waals surface area contributed by atoms with Gasteiger partial charge in [-0.2, -0.15) is 0 Å². The smallest absolute Gasteiger partial charge is 0.142 e. The third-order valence-corrected chi connectivity index (χ3v) is 4.73. The second kappa shape index (κ2) is 4.82. The Morgan fingerprint density at radius 1 is 1.38 bits per heavy atom. The summed E-state index contributed by atoms with van der Waals surface area (Å²) in [6.45, 7) is 3.96. The topological polar surface area (TPSA) is 25.8 Å². The molecule has 16 heavy (non-hydrogen) atoms. The zero-order valence-electron chi connectivity index (χ0n) is 8.87. The summed E-state index contributed by atoms with van der Waals surface area (Å²) in [5, 5.41) is 9.91. The van der Waals surface area contributed by atoms with Crippen LogP contribution in [0.3, 0.4) is 0 Å². The van der Waals surface area contributed by atoms with Crippen molar-refractivity contribution in [3.8, 4) is 10.6 Å². The fraction of sp³-hybridized carbons (Fsp3) is 0.273. The highest BCUT2D eigenvalue weighted by Gasteiger charge is 2.13. The van der Waals surface area contributed by atoms with E-state index in [1.54, 1.807) is 0 Å². The lowest BCUT2D eigenvalue weighted by Gasteiger charge is -2.02.